The van der Waals surface area contributed by atoms with Crippen LogP contribution in [0.25, 0.3) is 11.0 Å². The van der Waals surface area contributed by atoms with Crippen LogP contribution in [0.4, 0.5) is 5.69 Å². The summed E-state index contributed by atoms with van der Waals surface area (Å²) in [6, 6.07) is 13.7. The van der Waals surface area contributed by atoms with E-state index in [2.05, 4.69) is 33.1 Å². The van der Waals surface area contributed by atoms with E-state index in [1.807, 2.05) is 41.3 Å². The van der Waals surface area contributed by atoms with Crippen molar-refractivity contribution in [3.05, 3.63) is 59.4 Å². The van der Waals surface area contributed by atoms with Crippen molar-refractivity contribution in [2.24, 2.45) is 0 Å². The van der Waals surface area contributed by atoms with Crippen molar-refractivity contribution < 1.29 is 14.3 Å². The van der Waals surface area contributed by atoms with Gasteiger partial charge in [0, 0.05) is 35.1 Å². The van der Waals surface area contributed by atoms with E-state index in [1.54, 1.807) is 0 Å². The molecule has 1 atom stereocenters. The minimum atomic E-state index is 0.00921. The second-order valence-corrected chi connectivity index (χ2v) is 8.42. The average Bonchev–Trinajstić information content (AvgIpc) is 3.28. The first-order chi connectivity index (χ1) is 14.1. The summed E-state index contributed by atoms with van der Waals surface area (Å²) in [6.45, 7) is 6.25. The molecule has 148 valence electrons. The number of anilines is 1. The molecule has 0 N–H and O–H groups in total. The zero-order valence-electron chi connectivity index (χ0n) is 15.8. The van der Waals surface area contributed by atoms with Crippen molar-refractivity contribution in [3.8, 4) is 11.5 Å². The van der Waals surface area contributed by atoms with E-state index < -0.39 is 0 Å². The number of halogens is 1. The van der Waals surface area contributed by atoms with Gasteiger partial charge in [-0.3, -0.25) is 4.79 Å². The predicted molar refractivity (Wildman–Crippen MR) is 115 cm³/mol. The van der Waals surface area contributed by atoms with Gasteiger partial charge in [0.1, 0.15) is 19.0 Å². The van der Waals surface area contributed by atoms with Gasteiger partial charge in [0.2, 0.25) is 5.91 Å². The summed E-state index contributed by atoms with van der Waals surface area (Å²) in [4.78, 5) is 19.5. The number of benzene rings is 2. The molecule has 7 heteroatoms. The molecule has 5 rings (SSSR count). The Hall–Kier alpha value is -2.80. The summed E-state index contributed by atoms with van der Waals surface area (Å²) in [5.41, 5.74) is 2.81. The summed E-state index contributed by atoms with van der Waals surface area (Å²) in [5.74, 6) is 2.42. The molecule has 0 bridgehead atoms. The lowest BCUT2D eigenvalue weighted by molar-refractivity contribution is -0.117. The zero-order chi connectivity index (χ0) is 20.0. The molecule has 3 aromatic rings. The summed E-state index contributed by atoms with van der Waals surface area (Å²) < 4.78 is 14.3. The molecule has 1 saturated heterocycles. The van der Waals surface area contributed by atoms with Crippen LogP contribution in [0.3, 0.4) is 0 Å². The number of carbonyl (C=O) groups is 1. The maximum Gasteiger partial charge on any atom is 0.227 e. The van der Waals surface area contributed by atoms with Crippen LogP contribution < -0.4 is 14.4 Å². The Morgan fingerprint density at radius 3 is 2.79 bits per heavy atom. The Balaban J connectivity index is 1.48. The maximum absolute atomic E-state index is 12.9. The van der Waals surface area contributed by atoms with Gasteiger partial charge in [-0.2, -0.15) is 0 Å². The number of carbonyl (C=O) groups excluding carboxylic acids is 1. The molecular weight excluding hydrogens is 434 g/mol. The molecule has 1 aromatic heterocycles. The molecule has 0 aliphatic carbocycles. The van der Waals surface area contributed by atoms with Crippen LogP contribution in [0, 0.1) is 0 Å². The molecule has 2 aliphatic heterocycles. The minimum Gasteiger partial charge on any atom is -0.486 e. The van der Waals surface area contributed by atoms with Gasteiger partial charge in [0.05, 0.1) is 17.6 Å². The van der Waals surface area contributed by atoms with Gasteiger partial charge >= 0.3 is 0 Å². The summed E-state index contributed by atoms with van der Waals surface area (Å²) in [7, 11) is 0. The lowest BCUT2D eigenvalue weighted by Gasteiger charge is -2.22. The molecule has 3 heterocycles. The molecular formula is C22H20BrN3O3. The third kappa shape index (κ3) is 3.29. The highest BCUT2D eigenvalue weighted by molar-refractivity contribution is 9.11. The molecule has 6 nitrogen and oxygen atoms in total. The number of allylic oxidation sites excluding steroid dienone is 1. The third-order valence-corrected chi connectivity index (χ3v) is 5.59. The van der Waals surface area contributed by atoms with Gasteiger partial charge in [-0.25, -0.2) is 4.98 Å². The fourth-order valence-corrected chi connectivity index (χ4v) is 4.32. The Bertz CT molecular complexity index is 1120. The van der Waals surface area contributed by atoms with Gasteiger partial charge in [-0.15, -0.1) is 0 Å². The normalized spacial score (nSPS) is 18.4. The molecule has 1 unspecified atom stereocenters. The van der Waals surface area contributed by atoms with E-state index in [0.717, 1.165) is 32.8 Å². The highest BCUT2D eigenvalue weighted by atomic mass is 79.9. The van der Waals surface area contributed by atoms with E-state index in [9.17, 15) is 4.79 Å². The molecule has 1 amide bonds. The number of rotatable bonds is 4. The first-order valence-corrected chi connectivity index (χ1v) is 10.4. The highest BCUT2D eigenvalue weighted by Crippen LogP contribution is 2.38. The smallest absolute Gasteiger partial charge is 0.227 e. The molecule has 2 aromatic carbocycles. The van der Waals surface area contributed by atoms with Crippen molar-refractivity contribution in [2.75, 3.05) is 24.7 Å². The van der Waals surface area contributed by atoms with E-state index in [1.165, 1.54) is 0 Å². The maximum atomic E-state index is 12.9. The number of hydrogen-bond donors (Lipinski definition) is 0. The number of para-hydroxylation sites is 2. The molecule has 0 radical (unpaired) electrons. The molecule has 29 heavy (non-hydrogen) atoms. The monoisotopic (exact) mass is 453 g/mol. The van der Waals surface area contributed by atoms with E-state index in [-0.39, 0.29) is 11.8 Å². The van der Waals surface area contributed by atoms with Crippen LogP contribution in [0.2, 0.25) is 0 Å². The summed E-state index contributed by atoms with van der Waals surface area (Å²) >= 11 is 3.47. The zero-order valence-corrected chi connectivity index (χ0v) is 17.4. The number of imidazole rings is 1. The van der Waals surface area contributed by atoms with Crippen LogP contribution in [0.1, 0.15) is 18.2 Å². The van der Waals surface area contributed by atoms with Gasteiger partial charge in [0.25, 0.3) is 0 Å². The van der Waals surface area contributed by atoms with Crippen LogP contribution in [0.5, 0.6) is 11.5 Å². The summed E-state index contributed by atoms with van der Waals surface area (Å²) in [5, 5.41) is 0. The van der Waals surface area contributed by atoms with Crippen LogP contribution >= 0.6 is 15.9 Å². The fraction of sp³-hybridized carbons (Fsp3) is 0.273. The Kier molecular flexibility index (Phi) is 4.54. The molecule has 0 spiro atoms. The van der Waals surface area contributed by atoms with Crippen molar-refractivity contribution in [2.45, 2.75) is 18.9 Å². The quantitative estimate of drug-likeness (QED) is 0.592. The predicted octanol–water partition coefficient (Wildman–Crippen LogP) is 4.24. The lowest BCUT2D eigenvalue weighted by Crippen LogP contribution is -2.25. The average molecular weight is 454 g/mol. The minimum absolute atomic E-state index is 0.00921. The van der Waals surface area contributed by atoms with Crippen molar-refractivity contribution in [3.63, 3.8) is 0 Å². The molecule has 2 aliphatic rings. The standard InChI is InChI=1S/C22H20BrN3O3/c1-14(23)12-26-18-5-3-2-4-17(18)24-22(26)15-10-21(27)25(13-15)16-6-7-19-20(11-16)29-9-8-28-19/h2-7,11,15H,1,8-10,12-13H2. The molecule has 1 fully saturated rings. The van der Waals surface area contributed by atoms with Crippen molar-refractivity contribution in [1.82, 2.24) is 9.55 Å². The van der Waals surface area contributed by atoms with Gasteiger partial charge in [-0.05, 0) is 24.3 Å². The number of ether oxygens (including phenoxy) is 2. The topological polar surface area (TPSA) is 56.6 Å². The third-order valence-electron chi connectivity index (χ3n) is 5.34. The highest BCUT2D eigenvalue weighted by Gasteiger charge is 2.35. The lowest BCUT2D eigenvalue weighted by atomic mass is 10.1. The van der Waals surface area contributed by atoms with Crippen molar-refractivity contribution in [1.29, 1.82) is 0 Å². The van der Waals surface area contributed by atoms with Crippen LogP contribution in [-0.4, -0.2) is 35.2 Å². The Morgan fingerprint density at radius 1 is 1.17 bits per heavy atom. The number of aromatic nitrogens is 2. The van der Waals surface area contributed by atoms with Crippen LogP contribution in [-0.2, 0) is 11.3 Å². The van der Waals surface area contributed by atoms with Crippen LogP contribution in [0.15, 0.2) is 53.5 Å². The Morgan fingerprint density at radius 2 is 1.97 bits per heavy atom. The number of amides is 1. The first-order valence-electron chi connectivity index (χ1n) is 9.58. The summed E-state index contributed by atoms with van der Waals surface area (Å²) in [6.07, 6.45) is 0.423. The second-order valence-electron chi connectivity index (χ2n) is 7.30. The van der Waals surface area contributed by atoms with Gasteiger partial charge in [-0.1, -0.05) is 34.6 Å². The number of fused-ring (bicyclic) bond motifs is 2. The molecule has 0 saturated carbocycles. The fourth-order valence-electron chi connectivity index (χ4n) is 4.07. The second kappa shape index (κ2) is 7.22. The first kappa shape index (κ1) is 18.2. The largest absolute Gasteiger partial charge is 0.486 e. The van der Waals surface area contributed by atoms with E-state index in [4.69, 9.17) is 14.5 Å². The van der Waals surface area contributed by atoms with Crippen molar-refractivity contribution >= 4 is 38.6 Å². The van der Waals surface area contributed by atoms with E-state index >= 15 is 0 Å². The van der Waals surface area contributed by atoms with Gasteiger partial charge in [0.15, 0.2) is 11.5 Å². The van der Waals surface area contributed by atoms with Gasteiger partial charge < -0.3 is 18.9 Å². The Labute approximate surface area is 176 Å². The number of nitrogens with zero attached hydrogens (tertiary/aromatic N) is 3. The van der Waals surface area contributed by atoms with E-state index in [0.29, 0.717) is 38.5 Å². The SMILES string of the molecule is C=C(Br)Cn1c(C2CC(=O)N(c3ccc4c(c3)OCCO4)C2)nc2ccccc21. The number of hydrogen-bond acceptors (Lipinski definition) is 4.